The summed E-state index contributed by atoms with van der Waals surface area (Å²) in [6, 6.07) is 18.4. The monoisotopic (exact) mass is 414 g/mol. The zero-order chi connectivity index (χ0) is 22.1. The molecule has 0 unspecified atom stereocenters. The van der Waals surface area contributed by atoms with Crippen molar-refractivity contribution in [1.82, 2.24) is 9.66 Å². The van der Waals surface area contributed by atoms with Crippen LogP contribution >= 0.6 is 0 Å². The number of para-hydroxylation sites is 1. The fraction of sp³-hybridized carbons (Fsp3) is 0.0870. The minimum atomic E-state index is -0.578. The fourth-order valence-electron chi connectivity index (χ4n) is 3.38. The highest BCUT2D eigenvalue weighted by Crippen LogP contribution is 2.21. The predicted molar refractivity (Wildman–Crippen MR) is 118 cm³/mol. The number of amides is 1. The van der Waals surface area contributed by atoms with Crippen molar-refractivity contribution >= 4 is 22.5 Å². The Labute approximate surface area is 176 Å². The number of nitro benzene ring substituents is 1. The van der Waals surface area contributed by atoms with Gasteiger partial charge in [0.05, 0.1) is 15.8 Å². The Hall–Kier alpha value is -4.33. The molecule has 0 atom stereocenters. The maximum Gasteiger partial charge on any atom is 0.280 e. The maximum atomic E-state index is 13.2. The highest BCUT2D eigenvalue weighted by atomic mass is 16.6. The summed E-state index contributed by atoms with van der Waals surface area (Å²) >= 11 is 0. The number of hydrogen-bond donors (Lipinski definition) is 1. The van der Waals surface area contributed by atoms with Gasteiger partial charge >= 0.3 is 0 Å². The zero-order valence-corrected chi connectivity index (χ0v) is 16.8. The lowest BCUT2D eigenvalue weighted by Gasteiger charge is -2.15. The number of rotatable bonds is 4. The molecule has 154 valence electrons. The molecule has 0 aliphatic carbocycles. The smallest absolute Gasteiger partial charge is 0.267 e. The van der Waals surface area contributed by atoms with E-state index in [1.54, 1.807) is 31.2 Å². The quantitative estimate of drug-likeness (QED) is 0.402. The first-order chi connectivity index (χ1) is 14.8. The van der Waals surface area contributed by atoms with Gasteiger partial charge < -0.3 is 0 Å². The van der Waals surface area contributed by atoms with E-state index < -0.39 is 16.4 Å². The molecule has 0 fully saturated rings. The average molecular weight is 414 g/mol. The number of aromatic nitrogens is 2. The molecule has 1 N–H and O–H groups in total. The summed E-state index contributed by atoms with van der Waals surface area (Å²) in [5.41, 5.74) is 4.81. The summed E-state index contributed by atoms with van der Waals surface area (Å²) in [5, 5.41) is 11.4. The van der Waals surface area contributed by atoms with Crippen LogP contribution in [-0.4, -0.2) is 20.5 Å². The van der Waals surface area contributed by atoms with Gasteiger partial charge in [-0.3, -0.25) is 25.1 Å². The molecule has 1 amide bonds. The number of nitro groups is 1. The zero-order valence-electron chi connectivity index (χ0n) is 16.8. The van der Waals surface area contributed by atoms with Gasteiger partial charge in [-0.15, -0.1) is 0 Å². The summed E-state index contributed by atoms with van der Waals surface area (Å²) in [4.78, 5) is 41.3. The number of fused-ring (bicyclic) bond motifs is 1. The number of aryl methyl sites for hydroxylation is 2. The molecule has 0 spiro atoms. The van der Waals surface area contributed by atoms with Crippen LogP contribution in [-0.2, 0) is 0 Å². The van der Waals surface area contributed by atoms with Crippen LogP contribution < -0.4 is 11.0 Å². The van der Waals surface area contributed by atoms with Gasteiger partial charge in [-0.05, 0) is 44.2 Å². The summed E-state index contributed by atoms with van der Waals surface area (Å²) < 4.78 is 1.12. The minimum Gasteiger partial charge on any atom is -0.267 e. The van der Waals surface area contributed by atoms with Gasteiger partial charge in [0.2, 0.25) is 0 Å². The van der Waals surface area contributed by atoms with E-state index in [1.165, 1.54) is 18.2 Å². The van der Waals surface area contributed by atoms with Crippen molar-refractivity contribution in [2.45, 2.75) is 13.8 Å². The maximum absolute atomic E-state index is 13.2. The first kappa shape index (κ1) is 20.0. The van der Waals surface area contributed by atoms with Gasteiger partial charge in [-0.2, -0.15) is 4.68 Å². The predicted octanol–water partition coefficient (Wildman–Crippen LogP) is 3.97. The van der Waals surface area contributed by atoms with Crippen molar-refractivity contribution in [3.05, 3.63) is 104 Å². The molecule has 1 aromatic heterocycles. The molecule has 0 aliphatic rings. The molecule has 4 rings (SSSR count). The molecule has 0 saturated heterocycles. The number of carbonyl (C=O) groups is 1. The molecule has 8 heteroatoms. The van der Waals surface area contributed by atoms with Gasteiger partial charge in [-0.1, -0.05) is 35.9 Å². The number of nitrogens with one attached hydrogen (secondary N) is 1. The molecule has 31 heavy (non-hydrogen) atoms. The van der Waals surface area contributed by atoms with Crippen LogP contribution in [0.4, 0.5) is 5.69 Å². The Morgan fingerprint density at radius 2 is 1.81 bits per heavy atom. The summed E-state index contributed by atoms with van der Waals surface area (Å²) in [6.07, 6.45) is 0. The largest absolute Gasteiger partial charge is 0.280 e. The minimum absolute atomic E-state index is 0.0819. The highest BCUT2D eigenvalue weighted by Gasteiger charge is 2.18. The van der Waals surface area contributed by atoms with E-state index in [-0.39, 0.29) is 11.3 Å². The molecule has 0 aliphatic heterocycles. The summed E-state index contributed by atoms with van der Waals surface area (Å²) in [5.74, 6) is -0.287. The van der Waals surface area contributed by atoms with E-state index >= 15 is 0 Å². The Balaban J connectivity index is 1.84. The van der Waals surface area contributed by atoms with Gasteiger partial charge in [0.25, 0.3) is 17.2 Å². The number of hydrogen-bond acceptors (Lipinski definition) is 5. The number of nitrogens with zero attached hydrogens (tertiary/aromatic N) is 3. The molecule has 0 saturated carbocycles. The van der Waals surface area contributed by atoms with E-state index in [0.717, 1.165) is 10.2 Å². The van der Waals surface area contributed by atoms with Gasteiger partial charge in [0, 0.05) is 22.8 Å². The molecule has 0 radical (unpaired) electrons. The SMILES string of the molecule is Cc1cccc(-c2nc3ccccc3c(=O)n2NC(=O)c2ccc([N+](=O)[O-])c(C)c2)c1. The van der Waals surface area contributed by atoms with E-state index in [9.17, 15) is 19.7 Å². The van der Waals surface area contributed by atoms with E-state index in [2.05, 4.69) is 10.4 Å². The lowest BCUT2D eigenvalue weighted by molar-refractivity contribution is -0.385. The Kier molecular flexibility index (Phi) is 5.04. The van der Waals surface area contributed by atoms with Crippen molar-refractivity contribution in [2.24, 2.45) is 0 Å². The second-order valence-electron chi connectivity index (χ2n) is 7.16. The van der Waals surface area contributed by atoms with E-state index in [4.69, 9.17) is 0 Å². The van der Waals surface area contributed by atoms with Gasteiger partial charge in [0.15, 0.2) is 5.82 Å². The summed E-state index contributed by atoms with van der Waals surface area (Å²) in [6.45, 7) is 3.47. The Bertz CT molecular complexity index is 1410. The Morgan fingerprint density at radius 1 is 1.03 bits per heavy atom. The van der Waals surface area contributed by atoms with Crippen LogP contribution in [0.3, 0.4) is 0 Å². The second kappa shape index (κ2) is 7.83. The van der Waals surface area contributed by atoms with Crippen LogP contribution in [0.15, 0.2) is 71.5 Å². The van der Waals surface area contributed by atoms with Gasteiger partial charge in [0.1, 0.15) is 0 Å². The third kappa shape index (κ3) is 3.78. The first-order valence-electron chi connectivity index (χ1n) is 9.50. The second-order valence-corrected chi connectivity index (χ2v) is 7.16. The van der Waals surface area contributed by atoms with Crippen LogP contribution in [0.25, 0.3) is 22.3 Å². The average Bonchev–Trinajstić information content (AvgIpc) is 2.75. The molecule has 1 heterocycles. The lowest BCUT2D eigenvalue weighted by Crippen LogP contribution is -2.35. The fourth-order valence-corrected chi connectivity index (χ4v) is 3.38. The first-order valence-corrected chi connectivity index (χ1v) is 9.50. The Morgan fingerprint density at radius 3 is 2.52 bits per heavy atom. The third-order valence-corrected chi connectivity index (χ3v) is 4.92. The van der Waals surface area contributed by atoms with Crippen molar-refractivity contribution in [2.75, 3.05) is 5.43 Å². The molecular weight excluding hydrogens is 396 g/mol. The third-order valence-electron chi connectivity index (χ3n) is 4.92. The van der Waals surface area contributed by atoms with Crippen molar-refractivity contribution in [3.8, 4) is 11.4 Å². The molecule has 8 nitrogen and oxygen atoms in total. The van der Waals surface area contributed by atoms with E-state index in [0.29, 0.717) is 27.9 Å². The molecule has 0 bridgehead atoms. The van der Waals surface area contributed by atoms with E-state index in [1.807, 2.05) is 31.2 Å². The molecular formula is C23H18N4O4. The topological polar surface area (TPSA) is 107 Å². The van der Waals surface area contributed by atoms with Gasteiger partial charge in [-0.25, -0.2) is 4.98 Å². The molecule has 3 aromatic carbocycles. The lowest BCUT2D eigenvalue weighted by atomic mass is 10.1. The van der Waals surface area contributed by atoms with Crippen molar-refractivity contribution in [3.63, 3.8) is 0 Å². The number of benzene rings is 3. The number of carbonyl (C=O) groups excluding carboxylic acids is 1. The van der Waals surface area contributed by atoms with Crippen LogP contribution in [0.5, 0.6) is 0 Å². The van der Waals surface area contributed by atoms with Crippen LogP contribution in [0.2, 0.25) is 0 Å². The van der Waals surface area contributed by atoms with Crippen LogP contribution in [0.1, 0.15) is 21.5 Å². The highest BCUT2D eigenvalue weighted by molar-refractivity contribution is 6.00. The molecule has 4 aromatic rings. The van der Waals surface area contributed by atoms with Crippen molar-refractivity contribution < 1.29 is 9.72 Å². The van der Waals surface area contributed by atoms with Crippen LogP contribution in [0, 0.1) is 24.0 Å². The van der Waals surface area contributed by atoms with Crippen molar-refractivity contribution in [1.29, 1.82) is 0 Å². The standard InChI is InChI=1S/C23H18N4O4/c1-14-6-5-7-16(12-14)21-24-19-9-4-3-8-18(19)23(29)26(21)25-22(28)17-10-11-20(27(30)31)15(2)13-17/h3-13H,1-2H3,(H,25,28). The summed E-state index contributed by atoms with van der Waals surface area (Å²) in [7, 11) is 0. The normalized spacial score (nSPS) is 10.8.